The molecule has 7 nitrogen and oxygen atoms in total. The molecule has 0 bridgehead atoms. The molecule has 0 saturated heterocycles. The van der Waals surface area contributed by atoms with Gasteiger partial charge in [0.1, 0.15) is 5.82 Å². The van der Waals surface area contributed by atoms with Crippen molar-refractivity contribution in [2.45, 2.75) is 13.8 Å². The zero-order valence-electron chi connectivity index (χ0n) is 13.9. The summed E-state index contributed by atoms with van der Waals surface area (Å²) in [5.41, 5.74) is 2.44. The maximum Gasteiger partial charge on any atom is 0.436 e. The lowest BCUT2D eigenvalue weighted by Gasteiger charge is -2.16. The normalized spacial score (nSPS) is 10.4. The molecule has 25 heavy (non-hydrogen) atoms. The molecule has 1 heterocycles. The van der Waals surface area contributed by atoms with Crippen LogP contribution in [-0.4, -0.2) is 17.3 Å². The molecular formula is C16H17FIN3O4. The molecule has 2 N–H and O–H groups in total. The number of aryl methyl sites for hydroxylation is 1. The highest BCUT2D eigenvalue weighted by atomic mass is 127. The van der Waals surface area contributed by atoms with Crippen LogP contribution in [-0.2, 0) is 11.9 Å². The maximum absolute atomic E-state index is 14.1. The van der Waals surface area contributed by atoms with E-state index in [1.54, 1.807) is 19.9 Å². The average molecular weight is 461 g/mol. The third kappa shape index (κ3) is 4.69. The van der Waals surface area contributed by atoms with Crippen molar-refractivity contribution in [1.82, 2.24) is 10.0 Å². The molecule has 9 heteroatoms. The van der Waals surface area contributed by atoms with Gasteiger partial charge in [0.25, 0.3) is 5.56 Å². The van der Waals surface area contributed by atoms with Crippen LogP contribution in [0.2, 0.25) is 0 Å². The summed E-state index contributed by atoms with van der Waals surface area (Å²) >= 11 is 1.99. The van der Waals surface area contributed by atoms with Gasteiger partial charge < -0.3 is 14.6 Å². The van der Waals surface area contributed by atoms with Gasteiger partial charge in [-0.2, -0.15) is 5.48 Å². The van der Waals surface area contributed by atoms with Crippen LogP contribution >= 0.6 is 22.6 Å². The third-order valence-electron chi connectivity index (χ3n) is 3.27. The van der Waals surface area contributed by atoms with Crippen molar-refractivity contribution in [3.05, 3.63) is 49.7 Å². The molecule has 2 rings (SSSR count). The summed E-state index contributed by atoms with van der Waals surface area (Å²) in [7, 11) is 1.53. The van der Waals surface area contributed by atoms with Crippen LogP contribution in [0.5, 0.6) is 5.75 Å². The van der Waals surface area contributed by atoms with E-state index in [2.05, 4.69) is 10.8 Å². The molecule has 1 amide bonds. The third-order valence-corrected chi connectivity index (χ3v) is 3.94. The van der Waals surface area contributed by atoms with E-state index in [-0.39, 0.29) is 34.9 Å². The Morgan fingerprint density at radius 2 is 2.12 bits per heavy atom. The lowest BCUT2D eigenvalue weighted by atomic mass is 10.2. The van der Waals surface area contributed by atoms with Crippen LogP contribution in [0.25, 0.3) is 0 Å². The number of anilines is 2. The number of halogens is 2. The molecular weight excluding hydrogens is 444 g/mol. The molecule has 1 aromatic carbocycles. The first-order valence-corrected chi connectivity index (χ1v) is 8.43. The van der Waals surface area contributed by atoms with Gasteiger partial charge in [-0.3, -0.25) is 9.63 Å². The molecule has 2 aromatic rings. The predicted molar refractivity (Wildman–Crippen MR) is 99.6 cm³/mol. The zero-order valence-corrected chi connectivity index (χ0v) is 16.0. The van der Waals surface area contributed by atoms with Crippen molar-refractivity contribution in [1.29, 1.82) is 0 Å². The lowest BCUT2D eigenvalue weighted by Crippen LogP contribution is -2.28. The first-order chi connectivity index (χ1) is 11.8. The van der Waals surface area contributed by atoms with E-state index >= 15 is 0 Å². The van der Waals surface area contributed by atoms with Crippen LogP contribution in [0.1, 0.15) is 12.5 Å². The van der Waals surface area contributed by atoms with Crippen LogP contribution in [0, 0.1) is 16.3 Å². The summed E-state index contributed by atoms with van der Waals surface area (Å²) in [6.07, 6.45) is 0.486. The number of rotatable bonds is 5. The summed E-state index contributed by atoms with van der Waals surface area (Å²) in [5, 5.41) is 2.83. The van der Waals surface area contributed by atoms with Crippen LogP contribution in [0.4, 0.5) is 20.6 Å². The highest BCUT2D eigenvalue weighted by molar-refractivity contribution is 14.1. The number of hydrogen-bond donors (Lipinski definition) is 2. The number of carbonyl (C=O) groups excluding carboxylic acids is 1. The SMILES string of the molecule is CCONC(=O)Oc1cn(C)c(=O)c(C)c1Nc1ccc(I)cc1F. The number of benzene rings is 1. The Balaban J connectivity index is 2.42. The van der Waals surface area contributed by atoms with E-state index in [4.69, 9.17) is 9.57 Å². The van der Waals surface area contributed by atoms with Gasteiger partial charge in [0.05, 0.1) is 24.2 Å². The fourth-order valence-corrected chi connectivity index (χ4v) is 2.52. The topological polar surface area (TPSA) is 81.6 Å². The standard InChI is InChI=1S/C16H17FIN3O4/c1-4-24-20-16(23)25-13-8-21(3)15(22)9(2)14(13)19-12-6-5-10(18)7-11(12)17/h5-8,19H,4H2,1-3H3,(H,20,23). The van der Waals surface area contributed by atoms with E-state index in [1.165, 1.54) is 29.9 Å². The lowest BCUT2D eigenvalue weighted by molar-refractivity contribution is 0.0535. The quantitative estimate of drug-likeness (QED) is 0.528. The minimum atomic E-state index is -0.856. The fraction of sp³-hybridized carbons (Fsp3) is 0.250. The number of nitrogens with zero attached hydrogens (tertiary/aromatic N) is 1. The molecule has 0 unspecified atom stereocenters. The predicted octanol–water partition coefficient (Wildman–Crippen LogP) is 3.22. The van der Waals surface area contributed by atoms with E-state index in [0.29, 0.717) is 0 Å². The van der Waals surface area contributed by atoms with E-state index in [1.807, 2.05) is 22.6 Å². The number of pyridine rings is 1. The van der Waals surface area contributed by atoms with Crippen molar-refractivity contribution in [3.63, 3.8) is 0 Å². The molecule has 1 aromatic heterocycles. The van der Waals surface area contributed by atoms with Crippen molar-refractivity contribution in [2.24, 2.45) is 7.05 Å². The number of ether oxygens (including phenoxy) is 1. The van der Waals surface area contributed by atoms with Crippen LogP contribution < -0.4 is 21.1 Å². The summed E-state index contributed by atoms with van der Waals surface area (Å²) < 4.78 is 21.3. The summed E-state index contributed by atoms with van der Waals surface area (Å²) in [4.78, 5) is 28.7. The smallest absolute Gasteiger partial charge is 0.405 e. The Labute approximate surface area is 157 Å². The molecule has 0 saturated carbocycles. The molecule has 0 radical (unpaired) electrons. The number of hydroxylamine groups is 1. The highest BCUT2D eigenvalue weighted by Crippen LogP contribution is 2.30. The highest BCUT2D eigenvalue weighted by Gasteiger charge is 2.17. The van der Waals surface area contributed by atoms with Gasteiger partial charge in [0, 0.05) is 16.2 Å². The second kappa shape index (κ2) is 8.30. The largest absolute Gasteiger partial charge is 0.436 e. The van der Waals surface area contributed by atoms with Crippen LogP contribution in [0.3, 0.4) is 0 Å². The Morgan fingerprint density at radius 3 is 2.76 bits per heavy atom. The van der Waals surface area contributed by atoms with Crippen molar-refractivity contribution in [3.8, 4) is 5.75 Å². The molecule has 0 atom stereocenters. The molecule has 0 aliphatic carbocycles. The second-order valence-electron chi connectivity index (χ2n) is 5.08. The van der Waals surface area contributed by atoms with Gasteiger partial charge in [-0.1, -0.05) is 0 Å². The van der Waals surface area contributed by atoms with Gasteiger partial charge in [-0.25, -0.2) is 9.18 Å². The van der Waals surface area contributed by atoms with E-state index < -0.39 is 11.9 Å². The number of amides is 1. The maximum atomic E-state index is 14.1. The summed E-state index contributed by atoms with van der Waals surface area (Å²) in [5.74, 6) is -0.425. The first kappa shape index (κ1) is 19.2. The van der Waals surface area contributed by atoms with Gasteiger partial charge in [0.15, 0.2) is 5.75 Å². The monoisotopic (exact) mass is 461 g/mol. The second-order valence-corrected chi connectivity index (χ2v) is 6.33. The van der Waals surface area contributed by atoms with Crippen LogP contribution in [0.15, 0.2) is 29.2 Å². The number of hydrogen-bond acceptors (Lipinski definition) is 5. The minimum absolute atomic E-state index is 0.0646. The molecule has 0 aliphatic heterocycles. The zero-order chi connectivity index (χ0) is 18.6. The van der Waals surface area contributed by atoms with Crippen molar-refractivity contribution >= 4 is 40.1 Å². The Hall–Kier alpha value is -2.14. The van der Waals surface area contributed by atoms with Gasteiger partial charge in [-0.05, 0) is 54.6 Å². The molecule has 0 fully saturated rings. The summed E-state index contributed by atoms with van der Waals surface area (Å²) in [6.45, 7) is 3.52. The van der Waals surface area contributed by atoms with Crippen molar-refractivity contribution < 1.29 is 18.8 Å². The summed E-state index contributed by atoms with van der Waals surface area (Å²) in [6, 6.07) is 4.60. The Bertz CT molecular complexity index is 854. The molecule has 134 valence electrons. The van der Waals surface area contributed by atoms with Gasteiger partial charge in [-0.15, -0.1) is 0 Å². The van der Waals surface area contributed by atoms with Gasteiger partial charge >= 0.3 is 6.09 Å². The minimum Gasteiger partial charge on any atom is -0.405 e. The average Bonchev–Trinajstić information content (AvgIpc) is 2.56. The van der Waals surface area contributed by atoms with E-state index in [0.717, 1.165) is 3.57 Å². The number of carbonyl (C=O) groups is 1. The fourth-order valence-electron chi connectivity index (χ4n) is 2.07. The molecule has 0 spiro atoms. The van der Waals surface area contributed by atoms with E-state index in [9.17, 15) is 14.0 Å². The first-order valence-electron chi connectivity index (χ1n) is 7.35. The number of aromatic nitrogens is 1. The van der Waals surface area contributed by atoms with Gasteiger partial charge in [0.2, 0.25) is 0 Å². The Kier molecular flexibility index (Phi) is 6.37. The molecule has 0 aliphatic rings. The Morgan fingerprint density at radius 1 is 1.40 bits per heavy atom. The van der Waals surface area contributed by atoms with Crippen molar-refractivity contribution in [2.75, 3.05) is 11.9 Å². The number of nitrogens with one attached hydrogen (secondary N) is 2.